The highest BCUT2D eigenvalue weighted by molar-refractivity contribution is 7.99. The van der Waals surface area contributed by atoms with Crippen LogP contribution in [0.4, 0.5) is 5.69 Å². The summed E-state index contributed by atoms with van der Waals surface area (Å²) in [6.07, 6.45) is 3.31. The van der Waals surface area contributed by atoms with Crippen molar-refractivity contribution in [3.8, 4) is 17.1 Å². The van der Waals surface area contributed by atoms with Gasteiger partial charge in [0, 0.05) is 23.6 Å². The summed E-state index contributed by atoms with van der Waals surface area (Å²) in [6, 6.07) is 10.8. The molecule has 0 unspecified atom stereocenters. The molecule has 0 fully saturated rings. The molecule has 0 aliphatic carbocycles. The molecule has 1 amide bonds. The molecule has 0 aliphatic heterocycles. The molecule has 0 radical (unpaired) electrons. The fraction of sp³-hybridized carbons (Fsp3) is 0.176. The molecule has 8 nitrogen and oxygen atoms in total. The number of ether oxygens (including phenoxy) is 1. The number of hydrogen-bond donors (Lipinski definition) is 2. The zero-order valence-corrected chi connectivity index (χ0v) is 14.9. The van der Waals surface area contributed by atoms with Crippen molar-refractivity contribution in [1.82, 2.24) is 19.9 Å². The largest absolute Gasteiger partial charge is 0.494 e. The Bertz CT molecular complexity index is 867. The van der Waals surface area contributed by atoms with Gasteiger partial charge >= 0.3 is 0 Å². The number of rotatable bonds is 7. The summed E-state index contributed by atoms with van der Waals surface area (Å²) < 4.78 is 6.74. The van der Waals surface area contributed by atoms with E-state index < -0.39 is 0 Å². The van der Waals surface area contributed by atoms with Crippen LogP contribution in [0, 0.1) is 0 Å². The van der Waals surface area contributed by atoms with Crippen molar-refractivity contribution in [2.24, 2.45) is 0 Å². The van der Waals surface area contributed by atoms with Crippen molar-refractivity contribution in [2.75, 3.05) is 23.5 Å². The molecule has 0 spiro atoms. The fourth-order valence-electron chi connectivity index (χ4n) is 2.20. The van der Waals surface area contributed by atoms with Crippen molar-refractivity contribution in [1.29, 1.82) is 0 Å². The third-order valence-corrected chi connectivity index (χ3v) is 4.33. The van der Waals surface area contributed by atoms with Gasteiger partial charge < -0.3 is 15.9 Å². The average molecular weight is 370 g/mol. The van der Waals surface area contributed by atoms with E-state index in [9.17, 15) is 4.79 Å². The van der Waals surface area contributed by atoms with E-state index in [1.807, 2.05) is 19.1 Å². The Morgan fingerprint density at radius 2 is 1.92 bits per heavy atom. The van der Waals surface area contributed by atoms with Crippen molar-refractivity contribution in [3.63, 3.8) is 0 Å². The standard InChI is InChI=1S/C17H18N6O2S/c1-2-25-14-5-3-13(4-6-14)20-15(24)11-26-17-22-21-16(23(17)18)12-7-9-19-10-8-12/h3-10H,2,11,18H2,1H3,(H,20,24). The maximum Gasteiger partial charge on any atom is 0.234 e. The smallest absolute Gasteiger partial charge is 0.234 e. The Labute approximate surface area is 154 Å². The van der Waals surface area contributed by atoms with Gasteiger partial charge in [-0.1, -0.05) is 11.8 Å². The lowest BCUT2D eigenvalue weighted by Gasteiger charge is -2.07. The summed E-state index contributed by atoms with van der Waals surface area (Å²) in [5, 5.41) is 11.4. The van der Waals surface area contributed by atoms with E-state index in [1.54, 1.807) is 36.7 Å². The summed E-state index contributed by atoms with van der Waals surface area (Å²) >= 11 is 1.21. The van der Waals surface area contributed by atoms with Crippen LogP contribution in [0.1, 0.15) is 6.92 Å². The van der Waals surface area contributed by atoms with Crippen LogP contribution in [0.25, 0.3) is 11.4 Å². The van der Waals surface area contributed by atoms with E-state index in [0.717, 1.165) is 11.3 Å². The molecule has 134 valence electrons. The number of amides is 1. The SMILES string of the molecule is CCOc1ccc(NC(=O)CSc2nnc(-c3ccncc3)n2N)cc1. The number of hydrogen-bond acceptors (Lipinski definition) is 7. The molecular formula is C17H18N6O2S. The summed E-state index contributed by atoms with van der Waals surface area (Å²) in [5.74, 6) is 7.31. The Morgan fingerprint density at radius 1 is 1.19 bits per heavy atom. The van der Waals surface area contributed by atoms with Gasteiger partial charge in [-0.05, 0) is 43.3 Å². The molecule has 9 heteroatoms. The number of carbonyl (C=O) groups is 1. The van der Waals surface area contributed by atoms with Crippen LogP contribution in [-0.4, -0.2) is 38.1 Å². The van der Waals surface area contributed by atoms with E-state index in [2.05, 4.69) is 20.5 Å². The second-order valence-electron chi connectivity index (χ2n) is 5.21. The molecule has 1 aromatic carbocycles. The first-order valence-electron chi connectivity index (χ1n) is 7.93. The molecular weight excluding hydrogens is 352 g/mol. The highest BCUT2D eigenvalue weighted by Gasteiger charge is 2.13. The van der Waals surface area contributed by atoms with Gasteiger partial charge in [-0.25, -0.2) is 4.68 Å². The number of nitrogens with zero attached hydrogens (tertiary/aromatic N) is 4. The second-order valence-corrected chi connectivity index (χ2v) is 6.15. The monoisotopic (exact) mass is 370 g/mol. The van der Waals surface area contributed by atoms with Crippen LogP contribution >= 0.6 is 11.8 Å². The lowest BCUT2D eigenvalue weighted by molar-refractivity contribution is -0.113. The third-order valence-electron chi connectivity index (χ3n) is 3.38. The zero-order valence-electron chi connectivity index (χ0n) is 14.1. The van der Waals surface area contributed by atoms with Gasteiger partial charge in [0.1, 0.15) is 5.75 Å². The van der Waals surface area contributed by atoms with Crippen molar-refractivity contribution < 1.29 is 9.53 Å². The molecule has 3 N–H and O–H groups in total. The maximum absolute atomic E-state index is 12.1. The number of thioether (sulfide) groups is 1. The number of benzene rings is 1. The van der Waals surface area contributed by atoms with Gasteiger partial charge in [0.05, 0.1) is 12.4 Å². The number of nitrogens with one attached hydrogen (secondary N) is 1. The first-order chi connectivity index (χ1) is 12.7. The molecule has 0 atom stereocenters. The molecule has 2 heterocycles. The first kappa shape index (κ1) is 17.7. The number of pyridine rings is 1. The Balaban J connectivity index is 1.57. The fourth-order valence-corrected chi connectivity index (χ4v) is 2.86. The van der Waals surface area contributed by atoms with E-state index in [0.29, 0.717) is 23.3 Å². The van der Waals surface area contributed by atoms with Crippen LogP contribution in [0.5, 0.6) is 5.75 Å². The van der Waals surface area contributed by atoms with Gasteiger partial charge in [-0.15, -0.1) is 10.2 Å². The van der Waals surface area contributed by atoms with Gasteiger partial charge in [-0.3, -0.25) is 9.78 Å². The minimum atomic E-state index is -0.160. The van der Waals surface area contributed by atoms with Crippen LogP contribution in [0.3, 0.4) is 0 Å². The molecule has 3 aromatic rings. The van der Waals surface area contributed by atoms with Gasteiger partial charge in [0.25, 0.3) is 0 Å². The lowest BCUT2D eigenvalue weighted by atomic mass is 10.2. The summed E-state index contributed by atoms with van der Waals surface area (Å²) in [5.41, 5.74) is 1.51. The highest BCUT2D eigenvalue weighted by atomic mass is 32.2. The van der Waals surface area contributed by atoms with Crippen LogP contribution in [-0.2, 0) is 4.79 Å². The summed E-state index contributed by atoms with van der Waals surface area (Å²) in [4.78, 5) is 16.1. The number of carbonyl (C=O) groups excluding carboxylic acids is 1. The number of anilines is 1. The van der Waals surface area contributed by atoms with Crippen molar-refractivity contribution >= 4 is 23.4 Å². The molecule has 0 bridgehead atoms. The third kappa shape index (κ3) is 4.31. The van der Waals surface area contributed by atoms with Crippen LogP contribution in [0.2, 0.25) is 0 Å². The summed E-state index contributed by atoms with van der Waals surface area (Å²) in [6.45, 7) is 2.52. The lowest BCUT2D eigenvalue weighted by Crippen LogP contribution is -2.16. The normalized spacial score (nSPS) is 10.5. The second kappa shape index (κ2) is 8.34. The quantitative estimate of drug-likeness (QED) is 0.485. The van der Waals surface area contributed by atoms with Gasteiger partial charge in [0.2, 0.25) is 11.1 Å². The van der Waals surface area contributed by atoms with Gasteiger partial charge in [-0.2, -0.15) is 0 Å². The molecule has 0 aliphatic rings. The first-order valence-corrected chi connectivity index (χ1v) is 8.92. The zero-order chi connectivity index (χ0) is 18.4. The predicted molar refractivity (Wildman–Crippen MR) is 100 cm³/mol. The Morgan fingerprint density at radius 3 is 2.62 bits per heavy atom. The molecule has 26 heavy (non-hydrogen) atoms. The maximum atomic E-state index is 12.1. The van der Waals surface area contributed by atoms with E-state index in [1.165, 1.54) is 16.4 Å². The van der Waals surface area contributed by atoms with E-state index in [-0.39, 0.29) is 11.7 Å². The molecule has 3 rings (SSSR count). The van der Waals surface area contributed by atoms with Crippen molar-refractivity contribution in [3.05, 3.63) is 48.8 Å². The topological polar surface area (TPSA) is 108 Å². The number of nitrogens with two attached hydrogens (primary N) is 1. The van der Waals surface area contributed by atoms with E-state index >= 15 is 0 Å². The Kier molecular flexibility index (Phi) is 5.69. The highest BCUT2D eigenvalue weighted by Crippen LogP contribution is 2.21. The van der Waals surface area contributed by atoms with E-state index in [4.69, 9.17) is 10.6 Å². The van der Waals surface area contributed by atoms with Gasteiger partial charge in [0.15, 0.2) is 5.82 Å². The van der Waals surface area contributed by atoms with Crippen molar-refractivity contribution in [2.45, 2.75) is 12.1 Å². The minimum absolute atomic E-state index is 0.160. The molecule has 2 aromatic heterocycles. The average Bonchev–Trinajstić information content (AvgIpc) is 3.03. The van der Waals surface area contributed by atoms with Crippen LogP contribution in [0.15, 0.2) is 53.9 Å². The molecule has 0 saturated heterocycles. The number of nitrogen functional groups attached to an aromatic ring is 1. The molecule has 0 saturated carbocycles. The summed E-state index contributed by atoms with van der Waals surface area (Å²) in [7, 11) is 0. The number of aromatic nitrogens is 4. The van der Waals surface area contributed by atoms with Crippen LogP contribution < -0.4 is 15.9 Å². The predicted octanol–water partition coefficient (Wildman–Crippen LogP) is 2.18. The Hall–Kier alpha value is -3.07. The minimum Gasteiger partial charge on any atom is -0.494 e.